The zero-order chi connectivity index (χ0) is 27.3. The quantitative estimate of drug-likeness (QED) is 0.538. The highest BCUT2D eigenvalue weighted by Crippen LogP contribution is 2.29. The van der Waals surface area contributed by atoms with Gasteiger partial charge in [0, 0.05) is 29.2 Å². The summed E-state index contributed by atoms with van der Waals surface area (Å²) in [4.78, 5) is 22.4. The summed E-state index contributed by atoms with van der Waals surface area (Å²) >= 11 is 0. The molecule has 0 atom stereocenters. The minimum absolute atomic E-state index is 0.0143. The Kier molecular flexibility index (Phi) is 6.61. The minimum Gasteiger partial charge on any atom is -0.357 e. The van der Waals surface area contributed by atoms with Crippen LogP contribution < -0.4 is 9.62 Å². The molecule has 35 heavy (non-hydrogen) atoms. The summed E-state index contributed by atoms with van der Waals surface area (Å²) in [5, 5.41) is -0.165. The van der Waals surface area contributed by atoms with Crippen molar-refractivity contribution >= 4 is 27.4 Å². The van der Waals surface area contributed by atoms with Gasteiger partial charge in [-0.1, -0.05) is 42.8 Å². The van der Waals surface area contributed by atoms with E-state index in [1.807, 2.05) is 29.2 Å². The fourth-order valence-electron chi connectivity index (χ4n) is 4.26. The molecule has 1 aliphatic rings. The van der Waals surface area contributed by atoms with Gasteiger partial charge in [-0.25, -0.2) is 9.97 Å². The molecule has 0 amide bonds. The maximum Gasteiger partial charge on any atom is 0.280 e. The number of hydrogen-bond donors (Lipinski definition) is 1. The van der Waals surface area contributed by atoms with Gasteiger partial charge in [-0.3, -0.25) is 4.72 Å². The lowest BCUT2D eigenvalue weighted by Crippen LogP contribution is -2.28. The lowest BCUT2D eigenvalue weighted by atomic mass is 9.96. The van der Waals surface area contributed by atoms with Gasteiger partial charge in [-0.15, -0.1) is 0 Å². The van der Waals surface area contributed by atoms with Crippen molar-refractivity contribution in [3.63, 3.8) is 0 Å². The van der Waals surface area contributed by atoms with Crippen molar-refractivity contribution < 1.29 is 17.3 Å². The highest BCUT2D eigenvalue weighted by molar-refractivity contribution is 7.92. The Morgan fingerprint density at radius 1 is 1.06 bits per heavy atom. The number of anilines is 2. The first kappa shape index (κ1) is 21.1. The van der Waals surface area contributed by atoms with Crippen LogP contribution >= 0.6 is 0 Å². The molecule has 1 N–H and O–H groups in total. The molecule has 0 aliphatic carbocycles. The van der Waals surface area contributed by atoms with Gasteiger partial charge >= 0.3 is 0 Å². The Labute approximate surface area is 211 Å². The second kappa shape index (κ2) is 11.0. The molecule has 7 nitrogen and oxygen atoms in total. The van der Waals surface area contributed by atoms with Gasteiger partial charge in [0.15, 0.2) is 5.03 Å². The number of pyridine rings is 2. The molecule has 4 bridgehead atoms. The molecule has 0 saturated heterocycles. The second-order valence-corrected chi connectivity index (χ2v) is 10.4. The van der Waals surface area contributed by atoms with Crippen molar-refractivity contribution in [1.82, 2.24) is 9.97 Å². The number of benzene rings is 1. The number of ketones is 1. The molecule has 1 aromatic carbocycles. The third-order valence-electron chi connectivity index (χ3n) is 6.05. The van der Waals surface area contributed by atoms with E-state index in [2.05, 4.69) is 14.7 Å². The van der Waals surface area contributed by atoms with Crippen LogP contribution in [-0.4, -0.2) is 37.3 Å². The molecular weight excluding hydrogens is 460 g/mol. The maximum atomic E-state index is 13.3. The van der Waals surface area contributed by atoms with Crippen molar-refractivity contribution in [2.24, 2.45) is 0 Å². The summed E-state index contributed by atoms with van der Waals surface area (Å²) in [6.45, 7) is 0.407. The molecule has 3 heterocycles. The molecule has 1 aliphatic heterocycles. The third kappa shape index (κ3) is 6.25. The summed E-state index contributed by atoms with van der Waals surface area (Å²) in [5.74, 6) is 0.656. The van der Waals surface area contributed by atoms with Crippen LogP contribution in [0, 0.1) is 6.85 Å². The lowest BCUT2D eigenvalue weighted by molar-refractivity contribution is -0.117. The van der Waals surface area contributed by atoms with E-state index < -0.39 is 16.9 Å². The first-order valence-electron chi connectivity index (χ1n) is 13.4. The van der Waals surface area contributed by atoms with Gasteiger partial charge in [-0.2, -0.15) is 8.42 Å². The van der Waals surface area contributed by atoms with E-state index in [-0.39, 0.29) is 27.9 Å². The van der Waals surface area contributed by atoms with Crippen LogP contribution in [0.3, 0.4) is 0 Å². The van der Waals surface area contributed by atoms with E-state index in [4.69, 9.17) is 4.11 Å². The van der Waals surface area contributed by atoms with Gasteiger partial charge in [0.2, 0.25) is 0 Å². The molecule has 2 aromatic heterocycles. The van der Waals surface area contributed by atoms with Gasteiger partial charge in [0.05, 0.1) is 5.69 Å². The SMILES string of the molecule is [2H]C([2H])([2H])c1ccc2nc1-c1ccccc1CCCCCN(CCCC(C)=O)c1cccc(n1)S(=O)(=O)N2. The number of nitrogens with zero attached hydrogens (tertiary/aromatic N) is 3. The average Bonchev–Trinajstić information content (AvgIpc) is 2.86. The Morgan fingerprint density at radius 2 is 1.91 bits per heavy atom. The number of sulfonamides is 1. The van der Waals surface area contributed by atoms with Crippen molar-refractivity contribution in [3.8, 4) is 11.3 Å². The molecule has 0 fully saturated rings. The molecule has 0 spiro atoms. The molecule has 0 radical (unpaired) electrons. The molecule has 0 unspecified atom stereocenters. The smallest absolute Gasteiger partial charge is 0.280 e. The highest BCUT2D eigenvalue weighted by Gasteiger charge is 2.20. The number of aryl methyl sites for hydroxylation is 2. The average molecular weight is 496 g/mol. The van der Waals surface area contributed by atoms with Crippen LogP contribution in [0.1, 0.15) is 54.3 Å². The number of rotatable bonds is 4. The van der Waals surface area contributed by atoms with Crippen LogP contribution in [-0.2, 0) is 21.2 Å². The number of carbonyl (C=O) groups is 1. The number of Topliss-reactive ketones (excluding diaryl/α,β-unsaturated/α-hetero) is 1. The molecule has 8 heteroatoms. The highest BCUT2D eigenvalue weighted by atomic mass is 32.2. The topological polar surface area (TPSA) is 92.3 Å². The van der Waals surface area contributed by atoms with Crippen LogP contribution in [0.4, 0.5) is 11.6 Å². The van der Waals surface area contributed by atoms with Gasteiger partial charge in [0.1, 0.15) is 17.4 Å². The minimum atomic E-state index is -4.11. The van der Waals surface area contributed by atoms with E-state index in [1.165, 1.54) is 18.2 Å². The molecular formula is C27H32N4O3S. The molecule has 0 saturated carbocycles. The fraction of sp³-hybridized carbons (Fsp3) is 0.370. The van der Waals surface area contributed by atoms with Gasteiger partial charge in [0.25, 0.3) is 10.0 Å². The van der Waals surface area contributed by atoms with E-state index in [9.17, 15) is 13.2 Å². The summed E-state index contributed by atoms with van der Waals surface area (Å²) in [6, 6.07) is 15.1. The number of fused-ring (bicyclic) bond motifs is 6. The van der Waals surface area contributed by atoms with Gasteiger partial charge < -0.3 is 9.69 Å². The van der Waals surface area contributed by atoms with Crippen LogP contribution in [0.5, 0.6) is 0 Å². The normalized spacial score (nSPS) is 17.3. The Balaban J connectivity index is 1.78. The van der Waals surface area contributed by atoms with Crippen molar-refractivity contribution in [1.29, 1.82) is 0 Å². The van der Waals surface area contributed by atoms with Crippen molar-refractivity contribution in [2.45, 2.75) is 57.3 Å². The summed E-state index contributed by atoms with van der Waals surface area (Å²) in [7, 11) is -4.11. The summed E-state index contributed by atoms with van der Waals surface area (Å²) in [6.07, 6.45) is 4.49. The van der Waals surface area contributed by atoms with Crippen LogP contribution in [0.15, 0.2) is 59.6 Å². The van der Waals surface area contributed by atoms with Crippen LogP contribution in [0.25, 0.3) is 11.3 Å². The number of hydrogen-bond acceptors (Lipinski definition) is 6. The number of nitrogens with one attached hydrogen (secondary N) is 1. The van der Waals surface area contributed by atoms with E-state index in [0.717, 1.165) is 31.2 Å². The predicted octanol–water partition coefficient (Wildman–Crippen LogP) is 5.15. The zero-order valence-corrected chi connectivity index (χ0v) is 20.6. The standard InChI is InChI=1S/C27H32N4O3S/c1-20-16-17-24-28-27(20)23-13-6-5-12-22(23)11-4-3-7-18-31(19-9-10-21(2)32)25-14-8-15-26(29-25)35(33,34)30-24/h5-6,8,12-17H,3-4,7,9-11,18-19H2,1-2H3,(H,28,30)/i1D3. The Bertz CT molecular complexity index is 1410. The summed E-state index contributed by atoms with van der Waals surface area (Å²) in [5.41, 5.74) is 1.95. The number of carbonyl (C=O) groups excluding carboxylic acids is 1. The Hall–Kier alpha value is -3.26. The fourth-order valence-corrected chi connectivity index (χ4v) is 5.23. The monoisotopic (exact) mass is 495 g/mol. The van der Waals surface area contributed by atoms with Crippen molar-refractivity contribution in [3.05, 3.63) is 65.7 Å². The van der Waals surface area contributed by atoms with Crippen LogP contribution in [0.2, 0.25) is 0 Å². The second-order valence-electron chi connectivity index (χ2n) is 8.79. The first-order chi connectivity index (χ1) is 18.0. The maximum absolute atomic E-state index is 13.3. The first-order valence-corrected chi connectivity index (χ1v) is 13.4. The van der Waals surface area contributed by atoms with E-state index >= 15 is 0 Å². The molecule has 3 aromatic rings. The third-order valence-corrected chi connectivity index (χ3v) is 7.30. The van der Waals surface area contributed by atoms with E-state index in [1.54, 1.807) is 19.1 Å². The number of aromatic nitrogens is 2. The van der Waals surface area contributed by atoms with Crippen molar-refractivity contribution in [2.75, 3.05) is 22.7 Å². The Morgan fingerprint density at radius 3 is 2.74 bits per heavy atom. The zero-order valence-electron chi connectivity index (χ0n) is 22.8. The largest absolute Gasteiger partial charge is 0.357 e. The summed E-state index contributed by atoms with van der Waals surface area (Å²) < 4.78 is 53.2. The molecule has 4 rings (SSSR count). The van der Waals surface area contributed by atoms with Gasteiger partial charge in [-0.05, 0) is 68.8 Å². The van der Waals surface area contributed by atoms with E-state index in [0.29, 0.717) is 37.3 Å². The predicted molar refractivity (Wildman–Crippen MR) is 139 cm³/mol. The lowest BCUT2D eigenvalue weighted by Gasteiger charge is -2.24. The molecule has 184 valence electrons.